The first-order valence-electron chi connectivity index (χ1n) is 6.59. The summed E-state index contributed by atoms with van der Waals surface area (Å²) in [6.07, 6.45) is 8.57. The highest BCUT2D eigenvalue weighted by atomic mass is 16.5. The summed E-state index contributed by atoms with van der Waals surface area (Å²) in [4.78, 5) is 11.0. The zero-order chi connectivity index (χ0) is 13.6. The van der Waals surface area contributed by atoms with Crippen molar-refractivity contribution in [2.24, 2.45) is 0 Å². The smallest absolute Gasteiger partial charge is 0.348 e. The number of carbonyl (C=O) groups excluding carboxylic acids is 1. The number of carbonyl (C=O) groups is 1. The van der Waals surface area contributed by atoms with E-state index in [0.717, 1.165) is 32.1 Å². The minimum atomic E-state index is -0.610. The normalized spacial score (nSPS) is 9.78. The van der Waals surface area contributed by atoms with Gasteiger partial charge in [-0.2, -0.15) is 5.26 Å². The molecule has 0 aliphatic rings. The van der Waals surface area contributed by atoms with E-state index in [1.54, 1.807) is 6.07 Å². The highest BCUT2D eigenvalue weighted by Gasteiger charge is 2.06. The number of hydrogen-bond acceptors (Lipinski definition) is 4. The third-order valence-electron chi connectivity index (χ3n) is 2.67. The van der Waals surface area contributed by atoms with E-state index in [-0.39, 0.29) is 5.57 Å². The molecule has 102 valence electrons. The first kappa shape index (κ1) is 16.7. The number of ether oxygens (including phenoxy) is 1. The summed E-state index contributed by atoms with van der Waals surface area (Å²) in [5.74, 6) is -0.610. The van der Waals surface area contributed by atoms with E-state index in [1.807, 2.05) is 0 Å². The van der Waals surface area contributed by atoms with Crippen molar-refractivity contribution < 1.29 is 14.6 Å². The first-order valence-corrected chi connectivity index (χ1v) is 6.59. The van der Waals surface area contributed by atoms with Crippen molar-refractivity contribution >= 4 is 5.97 Å². The summed E-state index contributed by atoms with van der Waals surface area (Å²) in [6, 6.07) is 1.66. The van der Waals surface area contributed by atoms with E-state index in [4.69, 9.17) is 15.1 Å². The Hall–Kier alpha value is -1.34. The molecule has 0 unspecified atom stereocenters. The summed E-state index contributed by atoms with van der Waals surface area (Å²) in [5.41, 5.74) is -0.140. The van der Waals surface area contributed by atoms with E-state index in [1.165, 1.54) is 19.3 Å². The van der Waals surface area contributed by atoms with Crippen LogP contribution < -0.4 is 0 Å². The average molecular weight is 253 g/mol. The molecule has 0 aromatic heterocycles. The molecule has 18 heavy (non-hydrogen) atoms. The number of aliphatic hydroxyl groups is 1. The molecule has 0 heterocycles. The van der Waals surface area contributed by atoms with Crippen LogP contribution in [0.1, 0.15) is 51.4 Å². The van der Waals surface area contributed by atoms with Gasteiger partial charge in [0.2, 0.25) is 0 Å². The van der Waals surface area contributed by atoms with Crippen LogP contribution >= 0.6 is 0 Å². The van der Waals surface area contributed by atoms with Crippen molar-refractivity contribution in [3.8, 4) is 6.07 Å². The Morgan fingerprint density at radius 1 is 1.06 bits per heavy atom. The monoisotopic (exact) mass is 253 g/mol. The molecule has 4 nitrogen and oxygen atoms in total. The molecule has 0 aromatic carbocycles. The molecular formula is C14H23NO3. The Balaban J connectivity index is 3.19. The maximum Gasteiger partial charge on any atom is 0.348 e. The number of hydrogen-bond donors (Lipinski definition) is 1. The number of nitriles is 1. The third kappa shape index (κ3) is 9.86. The Kier molecular flexibility index (Phi) is 11.2. The van der Waals surface area contributed by atoms with Crippen molar-refractivity contribution in [3.63, 3.8) is 0 Å². The number of rotatable bonds is 11. The van der Waals surface area contributed by atoms with Gasteiger partial charge in [0.05, 0.1) is 6.61 Å². The van der Waals surface area contributed by atoms with Crippen LogP contribution in [0.3, 0.4) is 0 Å². The lowest BCUT2D eigenvalue weighted by atomic mass is 10.1. The van der Waals surface area contributed by atoms with Gasteiger partial charge in [0.15, 0.2) is 0 Å². The van der Waals surface area contributed by atoms with Crippen LogP contribution in [0, 0.1) is 11.3 Å². The van der Waals surface area contributed by atoms with Crippen molar-refractivity contribution in [3.05, 3.63) is 12.2 Å². The largest absolute Gasteiger partial charge is 0.462 e. The molecule has 0 fully saturated rings. The zero-order valence-corrected chi connectivity index (χ0v) is 11.0. The minimum Gasteiger partial charge on any atom is -0.462 e. The molecule has 0 saturated carbocycles. The van der Waals surface area contributed by atoms with Crippen molar-refractivity contribution in [1.29, 1.82) is 5.26 Å². The maximum atomic E-state index is 11.0. The van der Waals surface area contributed by atoms with Crippen LogP contribution in [-0.2, 0) is 9.53 Å². The molecule has 0 amide bonds. The number of aliphatic hydroxyl groups excluding tert-OH is 1. The Morgan fingerprint density at radius 3 is 2.06 bits per heavy atom. The van der Waals surface area contributed by atoms with Crippen LogP contribution in [0.5, 0.6) is 0 Å². The van der Waals surface area contributed by atoms with Gasteiger partial charge in [0.1, 0.15) is 11.6 Å². The van der Waals surface area contributed by atoms with E-state index in [2.05, 4.69) is 6.58 Å². The lowest BCUT2D eigenvalue weighted by Crippen LogP contribution is -2.06. The Labute approximate surface area is 109 Å². The standard InChI is InChI=1S/C14H23NO3/c1-13(12-15)14(17)18-11-9-7-5-3-2-4-6-8-10-16/h16H,1-11H2. The number of unbranched alkanes of at least 4 members (excludes halogenated alkanes) is 7. The molecular weight excluding hydrogens is 230 g/mol. The van der Waals surface area contributed by atoms with Gasteiger partial charge in [0, 0.05) is 6.61 Å². The van der Waals surface area contributed by atoms with Gasteiger partial charge in [-0.25, -0.2) is 4.79 Å². The fourth-order valence-electron chi connectivity index (χ4n) is 1.57. The molecule has 0 rings (SSSR count). The van der Waals surface area contributed by atoms with Crippen molar-refractivity contribution in [2.45, 2.75) is 51.4 Å². The Morgan fingerprint density at radius 2 is 1.56 bits per heavy atom. The highest BCUT2D eigenvalue weighted by Crippen LogP contribution is 2.08. The molecule has 0 aromatic rings. The van der Waals surface area contributed by atoms with E-state index in [0.29, 0.717) is 13.2 Å². The number of esters is 1. The topological polar surface area (TPSA) is 70.3 Å². The van der Waals surface area contributed by atoms with Crippen LogP contribution in [0.15, 0.2) is 12.2 Å². The molecule has 4 heteroatoms. The molecule has 0 spiro atoms. The highest BCUT2D eigenvalue weighted by molar-refractivity contribution is 5.91. The van der Waals surface area contributed by atoms with Crippen LogP contribution in [0.2, 0.25) is 0 Å². The van der Waals surface area contributed by atoms with E-state index >= 15 is 0 Å². The van der Waals surface area contributed by atoms with Gasteiger partial charge in [-0.05, 0) is 12.8 Å². The molecule has 0 aliphatic heterocycles. The second-order valence-electron chi connectivity index (χ2n) is 4.28. The minimum absolute atomic E-state index is 0.140. The van der Waals surface area contributed by atoms with Crippen molar-refractivity contribution in [2.75, 3.05) is 13.2 Å². The second kappa shape index (κ2) is 12.1. The SMILES string of the molecule is C=C(C#N)C(=O)OCCCCCCCCCCO. The molecule has 0 atom stereocenters. The van der Waals surface area contributed by atoms with Crippen LogP contribution in [-0.4, -0.2) is 24.3 Å². The van der Waals surface area contributed by atoms with E-state index in [9.17, 15) is 4.79 Å². The van der Waals surface area contributed by atoms with Gasteiger partial charge in [-0.1, -0.05) is 45.1 Å². The zero-order valence-electron chi connectivity index (χ0n) is 11.0. The quantitative estimate of drug-likeness (QED) is 0.266. The average Bonchev–Trinajstić information content (AvgIpc) is 2.39. The second-order valence-corrected chi connectivity index (χ2v) is 4.28. The lowest BCUT2D eigenvalue weighted by Gasteiger charge is -2.03. The fraction of sp³-hybridized carbons (Fsp3) is 0.714. The number of nitrogens with zero attached hydrogens (tertiary/aromatic N) is 1. The van der Waals surface area contributed by atoms with Gasteiger partial charge >= 0.3 is 5.97 Å². The summed E-state index contributed by atoms with van der Waals surface area (Å²) in [7, 11) is 0. The van der Waals surface area contributed by atoms with E-state index < -0.39 is 5.97 Å². The molecule has 0 saturated heterocycles. The summed E-state index contributed by atoms with van der Waals surface area (Å²) >= 11 is 0. The lowest BCUT2D eigenvalue weighted by molar-refractivity contribution is -0.138. The first-order chi connectivity index (χ1) is 8.72. The summed E-state index contributed by atoms with van der Waals surface area (Å²) < 4.78 is 4.87. The summed E-state index contributed by atoms with van der Waals surface area (Å²) in [6.45, 7) is 3.94. The van der Waals surface area contributed by atoms with Gasteiger partial charge in [-0.15, -0.1) is 0 Å². The summed E-state index contributed by atoms with van der Waals surface area (Å²) in [5, 5.41) is 17.0. The van der Waals surface area contributed by atoms with Crippen molar-refractivity contribution in [1.82, 2.24) is 0 Å². The Bertz CT molecular complexity index is 281. The van der Waals surface area contributed by atoms with Gasteiger partial charge < -0.3 is 9.84 Å². The van der Waals surface area contributed by atoms with Gasteiger partial charge in [-0.3, -0.25) is 0 Å². The molecule has 0 bridgehead atoms. The fourth-order valence-corrected chi connectivity index (χ4v) is 1.57. The van der Waals surface area contributed by atoms with Crippen LogP contribution in [0.4, 0.5) is 0 Å². The van der Waals surface area contributed by atoms with Gasteiger partial charge in [0.25, 0.3) is 0 Å². The molecule has 0 radical (unpaired) electrons. The molecule has 0 aliphatic carbocycles. The predicted molar refractivity (Wildman–Crippen MR) is 69.7 cm³/mol. The third-order valence-corrected chi connectivity index (χ3v) is 2.67. The van der Waals surface area contributed by atoms with Crippen LogP contribution in [0.25, 0.3) is 0 Å². The maximum absolute atomic E-state index is 11.0. The molecule has 1 N–H and O–H groups in total. The predicted octanol–water partition coefficient (Wildman–Crippen LogP) is 2.72.